The van der Waals surface area contributed by atoms with E-state index < -0.39 is 12.5 Å². The maximum Gasteiger partial charge on any atom is 0.258 e. The normalized spacial score (nSPS) is 12.4. The Hall–Kier alpha value is -1.65. The van der Waals surface area contributed by atoms with Crippen LogP contribution in [0.25, 0.3) is 0 Å². The minimum atomic E-state index is -2.43. The lowest BCUT2D eigenvalue weighted by Crippen LogP contribution is -2.24. The van der Waals surface area contributed by atoms with Gasteiger partial charge in [0.1, 0.15) is 0 Å². The summed E-state index contributed by atoms with van der Waals surface area (Å²) in [6, 6.07) is 4.22. The van der Waals surface area contributed by atoms with Crippen LogP contribution in [0.5, 0.6) is 0 Å². The first-order valence-electron chi connectivity index (χ1n) is 5.33. The first-order chi connectivity index (χ1) is 7.90. The molecule has 2 N–H and O–H groups in total. The van der Waals surface area contributed by atoms with E-state index in [2.05, 4.69) is 10.6 Å². The van der Waals surface area contributed by atoms with E-state index in [0.29, 0.717) is 11.4 Å². The molecule has 5 heteroatoms. The van der Waals surface area contributed by atoms with Crippen molar-refractivity contribution in [1.82, 2.24) is 0 Å². The summed E-state index contributed by atoms with van der Waals surface area (Å²) < 4.78 is 24.8. The molecular weight excluding hydrogens is 226 g/mol. The van der Waals surface area contributed by atoms with Gasteiger partial charge in [-0.15, -0.1) is 0 Å². The van der Waals surface area contributed by atoms with Crippen LogP contribution in [0, 0.1) is 6.92 Å². The molecule has 1 rings (SSSR count). The number of anilines is 2. The van der Waals surface area contributed by atoms with Crippen LogP contribution in [0.1, 0.15) is 19.4 Å². The second-order valence-electron chi connectivity index (χ2n) is 3.98. The highest BCUT2D eigenvalue weighted by Crippen LogP contribution is 2.22. The lowest BCUT2D eigenvalue weighted by molar-refractivity contribution is -0.114. The van der Waals surface area contributed by atoms with Crippen LogP contribution in [-0.4, -0.2) is 18.4 Å². The zero-order chi connectivity index (χ0) is 13.0. The number of benzene rings is 1. The molecule has 0 saturated heterocycles. The summed E-state index contributed by atoms with van der Waals surface area (Å²) in [6.45, 7) is 4.63. The SMILES string of the molecule is CC(=O)Nc1ccc(C)c(NC(C)C(F)F)c1. The number of alkyl halides is 2. The molecule has 1 aromatic rings. The molecule has 0 aliphatic heterocycles. The van der Waals surface area contributed by atoms with Crippen LogP contribution < -0.4 is 10.6 Å². The van der Waals surface area contributed by atoms with Crippen molar-refractivity contribution in [2.24, 2.45) is 0 Å². The third kappa shape index (κ3) is 4.01. The van der Waals surface area contributed by atoms with Gasteiger partial charge in [-0.05, 0) is 31.5 Å². The highest BCUT2D eigenvalue weighted by atomic mass is 19.3. The van der Waals surface area contributed by atoms with Crippen molar-refractivity contribution in [3.63, 3.8) is 0 Å². The van der Waals surface area contributed by atoms with Gasteiger partial charge in [-0.2, -0.15) is 0 Å². The standard InChI is InChI=1S/C12H16F2N2O/c1-7-4-5-10(16-9(3)17)6-11(7)15-8(2)12(13)14/h4-6,8,12,15H,1-3H3,(H,16,17). The van der Waals surface area contributed by atoms with E-state index in [1.54, 1.807) is 18.2 Å². The molecule has 17 heavy (non-hydrogen) atoms. The van der Waals surface area contributed by atoms with Gasteiger partial charge in [0, 0.05) is 18.3 Å². The molecule has 0 aliphatic carbocycles. The van der Waals surface area contributed by atoms with Gasteiger partial charge in [-0.1, -0.05) is 6.07 Å². The van der Waals surface area contributed by atoms with Gasteiger partial charge in [0.25, 0.3) is 6.43 Å². The molecule has 0 heterocycles. The fourth-order valence-corrected chi connectivity index (χ4v) is 1.37. The molecule has 0 spiro atoms. The van der Waals surface area contributed by atoms with Gasteiger partial charge in [0.2, 0.25) is 5.91 Å². The minimum Gasteiger partial charge on any atom is -0.377 e. The van der Waals surface area contributed by atoms with Crippen molar-refractivity contribution < 1.29 is 13.6 Å². The van der Waals surface area contributed by atoms with Gasteiger partial charge in [-0.3, -0.25) is 4.79 Å². The summed E-state index contributed by atoms with van der Waals surface area (Å²) in [5, 5.41) is 5.33. The van der Waals surface area contributed by atoms with Crippen molar-refractivity contribution >= 4 is 17.3 Å². The van der Waals surface area contributed by atoms with E-state index >= 15 is 0 Å². The minimum absolute atomic E-state index is 0.193. The van der Waals surface area contributed by atoms with E-state index in [4.69, 9.17) is 0 Å². The number of nitrogens with one attached hydrogen (secondary N) is 2. The summed E-state index contributed by atoms with van der Waals surface area (Å²) in [5.74, 6) is -0.193. The first kappa shape index (κ1) is 13.4. The second-order valence-corrected chi connectivity index (χ2v) is 3.98. The number of hydrogen-bond donors (Lipinski definition) is 2. The molecule has 0 saturated carbocycles. The van der Waals surface area contributed by atoms with Gasteiger partial charge in [0.05, 0.1) is 6.04 Å². The molecule has 3 nitrogen and oxygen atoms in total. The van der Waals surface area contributed by atoms with Crippen LogP contribution >= 0.6 is 0 Å². The van der Waals surface area contributed by atoms with Gasteiger partial charge in [-0.25, -0.2) is 8.78 Å². The molecule has 1 aromatic carbocycles. The lowest BCUT2D eigenvalue weighted by atomic mass is 10.1. The molecule has 1 unspecified atom stereocenters. The molecule has 0 radical (unpaired) electrons. The lowest BCUT2D eigenvalue weighted by Gasteiger charge is -2.17. The molecule has 1 atom stereocenters. The average Bonchev–Trinajstić information content (AvgIpc) is 2.22. The third-order valence-corrected chi connectivity index (χ3v) is 2.32. The van der Waals surface area contributed by atoms with E-state index in [1.807, 2.05) is 6.92 Å². The zero-order valence-electron chi connectivity index (χ0n) is 10.1. The maximum absolute atomic E-state index is 12.4. The first-order valence-corrected chi connectivity index (χ1v) is 5.33. The summed E-state index contributed by atoms with van der Waals surface area (Å²) in [6.07, 6.45) is -2.43. The van der Waals surface area contributed by atoms with E-state index in [9.17, 15) is 13.6 Å². The Balaban J connectivity index is 2.86. The Labute approximate surface area is 99.2 Å². The topological polar surface area (TPSA) is 41.1 Å². The zero-order valence-corrected chi connectivity index (χ0v) is 10.1. The van der Waals surface area contributed by atoms with E-state index in [1.165, 1.54) is 13.8 Å². The van der Waals surface area contributed by atoms with E-state index in [0.717, 1.165) is 5.56 Å². The summed E-state index contributed by atoms with van der Waals surface area (Å²) >= 11 is 0. The predicted molar refractivity (Wildman–Crippen MR) is 64.6 cm³/mol. The van der Waals surface area contributed by atoms with Crippen LogP contribution in [0.4, 0.5) is 20.2 Å². The smallest absolute Gasteiger partial charge is 0.258 e. The van der Waals surface area contributed by atoms with Crippen LogP contribution in [-0.2, 0) is 4.79 Å². The van der Waals surface area contributed by atoms with Crippen molar-refractivity contribution in [3.05, 3.63) is 23.8 Å². The van der Waals surface area contributed by atoms with Gasteiger partial charge >= 0.3 is 0 Å². The monoisotopic (exact) mass is 242 g/mol. The van der Waals surface area contributed by atoms with E-state index in [-0.39, 0.29) is 5.91 Å². The summed E-state index contributed by atoms with van der Waals surface area (Å²) in [4.78, 5) is 10.9. The Bertz CT molecular complexity index is 407. The summed E-state index contributed by atoms with van der Waals surface area (Å²) in [5.41, 5.74) is 2.04. The highest BCUT2D eigenvalue weighted by Gasteiger charge is 2.15. The number of hydrogen-bond acceptors (Lipinski definition) is 2. The van der Waals surface area contributed by atoms with Crippen molar-refractivity contribution in [3.8, 4) is 0 Å². The molecule has 0 bridgehead atoms. The number of carbonyl (C=O) groups is 1. The van der Waals surface area contributed by atoms with Crippen LogP contribution in [0.15, 0.2) is 18.2 Å². The van der Waals surface area contributed by atoms with Crippen LogP contribution in [0.3, 0.4) is 0 Å². The average molecular weight is 242 g/mol. The maximum atomic E-state index is 12.4. The van der Waals surface area contributed by atoms with Crippen molar-refractivity contribution in [1.29, 1.82) is 0 Å². The summed E-state index contributed by atoms with van der Waals surface area (Å²) in [7, 11) is 0. The molecule has 0 fully saturated rings. The fourth-order valence-electron chi connectivity index (χ4n) is 1.37. The van der Waals surface area contributed by atoms with Crippen molar-refractivity contribution in [2.45, 2.75) is 33.2 Å². The fraction of sp³-hybridized carbons (Fsp3) is 0.417. The Kier molecular flexibility index (Phi) is 4.43. The molecule has 0 aliphatic rings. The predicted octanol–water partition coefficient (Wildman–Crippen LogP) is 3.02. The van der Waals surface area contributed by atoms with Gasteiger partial charge < -0.3 is 10.6 Å². The molecule has 0 aromatic heterocycles. The molecule has 94 valence electrons. The molecular formula is C12H16F2N2O. The largest absolute Gasteiger partial charge is 0.377 e. The van der Waals surface area contributed by atoms with Gasteiger partial charge in [0.15, 0.2) is 0 Å². The highest BCUT2D eigenvalue weighted by molar-refractivity contribution is 5.89. The Morgan fingerprint density at radius 1 is 1.35 bits per heavy atom. The third-order valence-electron chi connectivity index (χ3n) is 2.32. The Morgan fingerprint density at radius 3 is 2.53 bits per heavy atom. The van der Waals surface area contributed by atoms with Crippen LogP contribution in [0.2, 0.25) is 0 Å². The second kappa shape index (κ2) is 5.61. The quantitative estimate of drug-likeness (QED) is 0.852. The number of halogens is 2. The molecule has 1 amide bonds. The number of carbonyl (C=O) groups excluding carboxylic acids is 1. The number of rotatable bonds is 4. The number of aryl methyl sites for hydroxylation is 1. The number of amides is 1. The Morgan fingerprint density at radius 2 is 2.00 bits per heavy atom. The van der Waals surface area contributed by atoms with Crippen molar-refractivity contribution in [2.75, 3.05) is 10.6 Å².